The van der Waals surface area contributed by atoms with Crippen molar-refractivity contribution in [1.29, 1.82) is 0 Å². The first-order valence-corrected chi connectivity index (χ1v) is 8.32. The Morgan fingerprint density at radius 2 is 1.43 bits per heavy atom. The number of nitrogens with zero attached hydrogens (tertiary/aromatic N) is 2. The fraction of sp³-hybridized carbons (Fsp3) is 0.824. The third-order valence-electron chi connectivity index (χ3n) is 2.61. The summed E-state index contributed by atoms with van der Waals surface area (Å²) < 4.78 is 0. The lowest BCUT2D eigenvalue weighted by Gasteiger charge is -2.25. The number of hydrogen-bond acceptors (Lipinski definition) is 4. The van der Waals surface area contributed by atoms with Gasteiger partial charge in [0.05, 0.1) is 0 Å². The van der Waals surface area contributed by atoms with Crippen LogP contribution in [0.15, 0.2) is 0 Å². The standard InChI is InChI=1S/C12H23N3O3.C3H8.C2H6/c1-9(16)8-11(15(5)10(2)17)12(18)13-6-7-14(3)4;1-3-2;1-2/h11H,6-8H2,1-5H3,(H,13,18);3H2,1-2H3;1-2H3/t11-;;/m0../s1. The molecule has 0 aliphatic rings. The molecule has 6 heteroatoms. The molecule has 1 N–H and O–H groups in total. The lowest BCUT2D eigenvalue weighted by Crippen LogP contribution is -2.49. The molecule has 0 aliphatic heterocycles. The number of likely N-dealkylation sites (N-methyl/N-ethyl adjacent to an activating group) is 2. The number of carbonyl (C=O) groups excluding carboxylic acids is 3. The van der Waals surface area contributed by atoms with Crippen LogP contribution in [0.3, 0.4) is 0 Å². The smallest absolute Gasteiger partial charge is 0.243 e. The minimum atomic E-state index is -0.720. The van der Waals surface area contributed by atoms with Crippen molar-refractivity contribution in [2.24, 2.45) is 0 Å². The monoisotopic (exact) mass is 331 g/mol. The first-order chi connectivity index (χ1) is 10.7. The molecule has 0 aromatic heterocycles. The molecule has 138 valence electrons. The van der Waals surface area contributed by atoms with Gasteiger partial charge in [-0.25, -0.2) is 0 Å². The van der Waals surface area contributed by atoms with E-state index in [1.807, 2.05) is 32.8 Å². The third kappa shape index (κ3) is 16.8. The number of nitrogens with one attached hydrogen (secondary N) is 1. The predicted molar refractivity (Wildman–Crippen MR) is 96.4 cm³/mol. The van der Waals surface area contributed by atoms with E-state index in [1.54, 1.807) is 0 Å². The summed E-state index contributed by atoms with van der Waals surface area (Å²) in [5, 5.41) is 2.73. The molecule has 6 nitrogen and oxygen atoms in total. The molecule has 1 atom stereocenters. The van der Waals surface area contributed by atoms with Gasteiger partial charge in [0.15, 0.2) is 0 Å². The van der Waals surface area contributed by atoms with Crippen molar-refractivity contribution in [1.82, 2.24) is 15.1 Å². The van der Waals surface area contributed by atoms with Crippen molar-refractivity contribution in [3.63, 3.8) is 0 Å². The maximum atomic E-state index is 11.9. The van der Waals surface area contributed by atoms with Gasteiger partial charge in [-0.1, -0.05) is 34.1 Å². The van der Waals surface area contributed by atoms with E-state index in [1.165, 1.54) is 32.2 Å². The van der Waals surface area contributed by atoms with Crippen LogP contribution in [-0.2, 0) is 14.4 Å². The van der Waals surface area contributed by atoms with Crippen molar-refractivity contribution < 1.29 is 14.4 Å². The van der Waals surface area contributed by atoms with Crippen molar-refractivity contribution in [2.75, 3.05) is 34.2 Å². The zero-order valence-corrected chi connectivity index (χ0v) is 16.5. The average molecular weight is 332 g/mol. The lowest BCUT2D eigenvalue weighted by molar-refractivity contribution is -0.139. The number of hydrogen-bond donors (Lipinski definition) is 1. The molecule has 23 heavy (non-hydrogen) atoms. The SMILES string of the molecule is CC.CC(=O)C[C@@H](C(=O)NCCN(C)C)N(C)C(C)=O.CCC. The van der Waals surface area contributed by atoms with E-state index in [0.29, 0.717) is 13.1 Å². The van der Waals surface area contributed by atoms with Crippen LogP contribution in [0.25, 0.3) is 0 Å². The van der Waals surface area contributed by atoms with Crippen LogP contribution in [0.1, 0.15) is 54.4 Å². The van der Waals surface area contributed by atoms with E-state index in [0.717, 1.165) is 0 Å². The zero-order valence-electron chi connectivity index (χ0n) is 16.5. The minimum Gasteiger partial charge on any atom is -0.353 e. The van der Waals surface area contributed by atoms with Gasteiger partial charge < -0.3 is 15.1 Å². The predicted octanol–water partition coefficient (Wildman–Crippen LogP) is 1.93. The Morgan fingerprint density at radius 3 is 1.74 bits per heavy atom. The summed E-state index contributed by atoms with van der Waals surface area (Å²) in [6, 6.07) is -0.720. The first-order valence-electron chi connectivity index (χ1n) is 8.32. The van der Waals surface area contributed by atoms with Crippen LogP contribution in [0.5, 0.6) is 0 Å². The molecule has 0 rings (SSSR count). The van der Waals surface area contributed by atoms with Crippen LogP contribution >= 0.6 is 0 Å². The third-order valence-corrected chi connectivity index (χ3v) is 2.61. The fourth-order valence-corrected chi connectivity index (χ4v) is 1.42. The molecule has 0 heterocycles. The van der Waals surface area contributed by atoms with Crippen LogP contribution in [0.2, 0.25) is 0 Å². The topological polar surface area (TPSA) is 69.7 Å². The summed E-state index contributed by atoms with van der Waals surface area (Å²) in [5.41, 5.74) is 0. The van der Waals surface area contributed by atoms with Gasteiger partial charge in [-0.05, 0) is 21.0 Å². The van der Waals surface area contributed by atoms with Crippen LogP contribution < -0.4 is 5.32 Å². The molecular weight excluding hydrogens is 294 g/mol. The van der Waals surface area contributed by atoms with E-state index in [4.69, 9.17) is 0 Å². The highest BCUT2D eigenvalue weighted by Crippen LogP contribution is 2.04. The van der Waals surface area contributed by atoms with Gasteiger partial charge >= 0.3 is 0 Å². The second kappa shape index (κ2) is 16.9. The maximum Gasteiger partial charge on any atom is 0.243 e. The van der Waals surface area contributed by atoms with E-state index < -0.39 is 6.04 Å². The van der Waals surface area contributed by atoms with Gasteiger partial charge in [-0.15, -0.1) is 0 Å². The van der Waals surface area contributed by atoms with E-state index in [2.05, 4.69) is 19.2 Å². The van der Waals surface area contributed by atoms with Crippen LogP contribution in [0, 0.1) is 0 Å². The molecule has 0 fully saturated rings. The van der Waals surface area contributed by atoms with E-state index in [-0.39, 0.29) is 24.0 Å². The Bertz CT molecular complexity index is 331. The molecule has 0 radical (unpaired) electrons. The molecule has 0 aliphatic carbocycles. The highest BCUT2D eigenvalue weighted by atomic mass is 16.2. The van der Waals surface area contributed by atoms with Crippen molar-refractivity contribution in [3.8, 4) is 0 Å². The lowest BCUT2D eigenvalue weighted by atomic mass is 10.1. The fourth-order valence-electron chi connectivity index (χ4n) is 1.42. The van der Waals surface area contributed by atoms with Gasteiger partial charge in [0.2, 0.25) is 11.8 Å². The molecule has 0 spiro atoms. The zero-order chi connectivity index (χ0) is 19.0. The van der Waals surface area contributed by atoms with Gasteiger partial charge in [-0.3, -0.25) is 14.4 Å². The quantitative estimate of drug-likeness (QED) is 0.774. The Hall–Kier alpha value is -1.43. The van der Waals surface area contributed by atoms with Crippen molar-refractivity contribution in [3.05, 3.63) is 0 Å². The van der Waals surface area contributed by atoms with E-state index in [9.17, 15) is 14.4 Å². The summed E-state index contributed by atoms with van der Waals surface area (Å²) in [6.07, 6.45) is 1.30. The number of Topliss-reactive ketones (excluding diaryl/α,β-unsaturated/α-hetero) is 1. The Labute approximate surface area is 142 Å². The molecule has 0 saturated carbocycles. The summed E-state index contributed by atoms with van der Waals surface area (Å²) in [4.78, 5) is 37.6. The minimum absolute atomic E-state index is 0.0455. The van der Waals surface area contributed by atoms with Crippen LogP contribution in [-0.4, -0.2) is 67.7 Å². The molecule has 2 amide bonds. The normalized spacial score (nSPS) is 10.5. The molecule has 0 unspecified atom stereocenters. The van der Waals surface area contributed by atoms with Crippen molar-refractivity contribution in [2.45, 2.75) is 60.4 Å². The number of rotatable bonds is 7. The Balaban J connectivity index is -0.000000710. The molecule has 0 aromatic carbocycles. The molecule has 0 saturated heterocycles. The summed E-state index contributed by atoms with van der Waals surface area (Å²) in [6.45, 7) is 12.2. The maximum absolute atomic E-state index is 11.9. The Morgan fingerprint density at radius 1 is 1.00 bits per heavy atom. The number of ketones is 1. The van der Waals surface area contributed by atoms with Gasteiger partial charge in [0.1, 0.15) is 11.8 Å². The molecule has 0 bridgehead atoms. The second-order valence-electron chi connectivity index (χ2n) is 5.35. The second-order valence-corrected chi connectivity index (χ2v) is 5.35. The highest BCUT2D eigenvalue weighted by Gasteiger charge is 2.26. The molecular formula is C17H37N3O3. The first kappa shape index (κ1) is 26.5. The average Bonchev–Trinajstić information content (AvgIpc) is 2.46. The summed E-state index contributed by atoms with van der Waals surface area (Å²) >= 11 is 0. The molecule has 0 aromatic rings. The number of amides is 2. The Kier molecular flexibility index (Phi) is 19.5. The number of carbonyl (C=O) groups is 3. The van der Waals surface area contributed by atoms with E-state index >= 15 is 0 Å². The van der Waals surface area contributed by atoms with Gasteiger partial charge in [-0.2, -0.15) is 0 Å². The highest BCUT2D eigenvalue weighted by molar-refractivity contribution is 5.91. The summed E-state index contributed by atoms with van der Waals surface area (Å²) in [5.74, 6) is -0.635. The van der Waals surface area contributed by atoms with Gasteiger partial charge in [0.25, 0.3) is 0 Å². The van der Waals surface area contributed by atoms with Crippen LogP contribution in [0.4, 0.5) is 0 Å². The largest absolute Gasteiger partial charge is 0.353 e. The van der Waals surface area contributed by atoms with Crippen molar-refractivity contribution >= 4 is 17.6 Å². The van der Waals surface area contributed by atoms with Gasteiger partial charge in [0, 0.05) is 33.5 Å². The summed E-state index contributed by atoms with van der Waals surface area (Å²) in [7, 11) is 5.34.